The fourth-order valence-electron chi connectivity index (χ4n) is 4.23. The van der Waals surface area contributed by atoms with Crippen LogP contribution >= 0.6 is 0 Å². The molecular weight excluding hydrogens is 462 g/mol. The number of amides is 1. The number of carbonyl (C=O) groups is 1. The van der Waals surface area contributed by atoms with Gasteiger partial charge in [-0.05, 0) is 65.9 Å². The minimum Gasteiger partial charge on any atom is -0.493 e. The molecule has 0 spiro atoms. The molecule has 0 saturated carbocycles. The van der Waals surface area contributed by atoms with Gasteiger partial charge in [0.15, 0.2) is 11.5 Å². The molecule has 0 saturated heterocycles. The zero-order valence-electron chi connectivity index (χ0n) is 21.6. The van der Waals surface area contributed by atoms with Crippen molar-refractivity contribution in [2.75, 3.05) is 20.8 Å². The predicted molar refractivity (Wildman–Crippen MR) is 146 cm³/mol. The molecule has 0 aromatic heterocycles. The van der Waals surface area contributed by atoms with Crippen LogP contribution in [0.3, 0.4) is 0 Å². The first kappa shape index (κ1) is 25.8. The number of hydrogen-bond acceptors (Lipinski definition) is 4. The SMILES string of the molecule is COc1ccc(CCN(Cc2cccc(OCc3ccccc3)c2)C(=O)c2ccccc2C)cc1OC. The van der Waals surface area contributed by atoms with Gasteiger partial charge in [-0.2, -0.15) is 0 Å². The van der Waals surface area contributed by atoms with Crippen LogP contribution in [0.4, 0.5) is 0 Å². The molecule has 0 aliphatic carbocycles. The number of nitrogens with zero attached hydrogens (tertiary/aromatic N) is 1. The van der Waals surface area contributed by atoms with Gasteiger partial charge in [-0.25, -0.2) is 0 Å². The Kier molecular flexibility index (Phi) is 8.82. The average molecular weight is 496 g/mol. The summed E-state index contributed by atoms with van der Waals surface area (Å²) in [4.78, 5) is 15.6. The van der Waals surface area contributed by atoms with Crippen LogP contribution in [-0.2, 0) is 19.6 Å². The molecule has 1 amide bonds. The summed E-state index contributed by atoms with van der Waals surface area (Å²) < 4.78 is 16.8. The molecule has 0 fully saturated rings. The van der Waals surface area contributed by atoms with Gasteiger partial charge in [0.05, 0.1) is 14.2 Å². The van der Waals surface area contributed by atoms with Crippen LogP contribution in [0.25, 0.3) is 0 Å². The summed E-state index contributed by atoms with van der Waals surface area (Å²) in [5.74, 6) is 2.16. The van der Waals surface area contributed by atoms with Crippen LogP contribution in [0.1, 0.15) is 32.6 Å². The maximum absolute atomic E-state index is 13.7. The zero-order chi connectivity index (χ0) is 26.0. The van der Waals surface area contributed by atoms with Gasteiger partial charge < -0.3 is 19.1 Å². The fraction of sp³-hybridized carbons (Fsp3) is 0.219. The third kappa shape index (κ3) is 6.91. The standard InChI is InChI=1S/C32H33NO4/c1-24-10-7-8-15-29(24)32(34)33(19-18-25-16-17-30(35-2)31(21-25)36-3)22-27-13-9-14-28(20-27)37-23-26-11-5-4-6-12-26/h4-17,20-21H,18-19,22-23H2,1-3H3. The molecule has 0 heterocycles. The summed E-state index contributed by atoms with van der Waals surface area (Å²) in [7, 11) is 3.25. The number of rotatable bonds is 11. The van der Waals surface area contributed by atoms with E-state index in [0.717, 1.165) is 28.0 Å². The largest absolute Gasteiger partial charge is 0.493 e. The van der Waals surface area contributed by atoms with Crippen molar-refractivity contribution in [3.8, 4) is 17.2 Å². The van der Waals surface area contributed by atoms with Crippen molar-refractivity contribution in [3.63, 3.8) is 0 Å². The summed E-state index contributed by atoms with van der Waals surface area (Å²) >= 11 is 0. The second kappa shape index (κ2) is 12.6. The molecule has 0 radical (unpaired) electrons. The highest BCUT2D eigenvalue weighted by molar-refractivity contribution is 5.95. The highest BCUT2D eigenvalue weighted by Gasteiger charge is 2.18. The van der Waals surface area contributed by atoms with Crippen molar-refractivity contribution in [1.29, 1.82) is 0 Å². The molecule has 4 rings (SSSR count). The minimum atomic E-state index is 0.00850. The van der Waals surface area contributed by atoms with E-state index < -0.39 is 0 Å². The molecule has 4 aromatic carbocycles. The van der Waals surface area contributed by atoms with E-state index in [0.29, 0.717) is 43.2 Å². The molecule has 0 bridgehead atoms. The second-order valence-corrected chi connectivity index (χ2v) is 8.90. The summed E-state index contributed by atoms with van der Waals surface area (Å²) in [6.45, 7) is 3.49. The summed E-state index contributed by atoms with van der Waals surface area (Å²) in [6, 6.07) is 31.6. The lowest BCUT2D eigenvalue weighted by Gasteiger charge is -2.24. The first-order valence-electron chi connectivity index (χ1n) is 12.4. The Morgan fingerprint density at radius 1 is 0.730 bits per heavy atom. The van der Waals surface area contributed by atoms with E-state index in [4.69, 9.17) is 14.2 Å². The van der Waals surface area contributed by atoms with E-state index in [9.17, 15) is 4.79 Å². The van der Waals surface area contributed by atoms with Crippen molar-refractivity contribution in [3.05, 3.63) is 125 Å². The van der Waals surface area contributed by atoms with Crippen molar-refractivity contribution in [2.24, 2.45) is 0 Å². The Balaban J connectivity index is 1.52. The van der Waals surface area contributed by atoms with Crippen molar-refractivity contribution in [1.82, 2.24) is 4.90 Å². The van der Waals surface area contributed by atoms with Crippen LogP contribution in [0.5, 0.6) is 17.2 Å². The Hall–Kier alpha value is -4.25. The number of methoxy groups -OCH3 is 2. The van der Waals surface area contributed by atoms with Gasteiger partial charge in [0, 0.05) is 18.7 Å². The van der Waals surface area contributed by atoms with Crippen LogP contribution in [0, 0.1) is 6.92 Å². The summed E-state index contributed by atoms with van der Waals surface area (Å²) in [5, 5.41) is 0. The van der Waals surface area contributed by atoms with E-state index in [2.05, 4.69) is 0 Å². The molecule has 0 aliphatic rings. The summed E-state index contributed by atoms with van der Waals surface area (Å²) in [5.41, 5.74) is 4.87. The average Bonchev–Trinajstić information content (AvgIpc) is 2.94. The number of ether oxygens (including phenoxy) is 3. The van der Waals surface area contributed by atoms with Crippen molar-refractivity contribution < 1.29 is 19.0 Å². The van der Waals surface area contributed by atoms with Gasteiger partial charge in [0.25, 0.3) is 5.91 Å². The fourth-order valence-corrected chi connectivity index (χ4v) is 4.23. The number of carbonyl (C=O) groups excluding carboxylic acids is 1. The number of hydrogen-bond donors (Lipinski definition) is 0. The number of aryl methyl sites for hydroxylation is 1. The lowest BCUT2D eigenvalue weighted by Crippen LogP contribution is -2.33. The molecule has 0 N–H and O–H groups in total. The van der Waals surface area contributed by atoms with Gasteiger partial charge in [-0.1, -0.05) is 66.7 Å². The molecule has 4 aromatic rings. The topological polar surface area (TPSA) is 48.0 Å². The number of benzene rings is 4. The third-order valence-corrected chi connectivity index (χ3v) is 6.30. The van der Waals surface area contributed by atoms with Crippen molar-refractivity contribution >= 4 is 5.91 Å². The molecule has 0 atom stereocenters. The van der Waals surface area contributed by atoms with E-state index in [1.807, 2.05) is 109 Å². The van der Waals surface area contributed by atoms with Gasteiger partial charge in [-0.15, -0.1) is 0 Å². The third-order valence-electron chi connectivity index (χ3n) is 6.30. The lowest BCUT2D eigenvalue weighted by molar-refractivity contribution is 0.0744. The Bertz CT molecular complexity index is 1320. The van der Waals surface area contributed by atoms with Gasteiger partial charge >= 0.3 is 0 Å². The van der Waals surface area contributed by atoms with Crippen molar-refractivity contribution in [2.45, 2.75) is 26.5 Å². The molecule has 190 valence electrons. The first-order chi connectivity index (χ1) is 18.1. The van der Waals surface area contributed by atoms with Crippen LogP contribution < -0.4 is 14.2 Å². The van der Waals surface area contributed by atoms with Gasteiger partial charge in [0.2, 0.25) is 0 Å². The zero-order valence-corrected chi connectivity index (χ0v) is 21.6. The Labute approximate surface area is 219 Å². The molecule has 0 unspecified atom stereocenters. The lowest BCUT2D eigenvalue weighted by atomic mass is 10.1. The maximum Gasteiger partial charge on any atom is 0.254 e. The van der Waals surface area contributed by atoms with E-state index in [1.165, 1.54) is 0 Å². The smallest absolute Gasteiger partial charge is 0.254 e. The minimum absolute atomic E-state index is 0.00850. The Morgan fingerprint density at radius 2 is 1.46 bits per heavy atom. The van der Waals surface area contributed by atoms with Crippen LogP contribution in [0.2, 0.25) is 0 Å². The molecule has 5 nitrogen and oxygen atoms in total. The van der Waals surface area contributed by atoms with E-state index >= 15 is 0 Å². The normalized spacial score (nSPS) is 10.6. The van der Waals surface area contributed by atoms with Gasteiger partial charge in [0.1, 0.15) is 12.4 Å². The molecule has 37 heavy (non-hydrogen) atoms. The molecule has 5 heteroatoms. The predicted octanol–water partition coefficient (Wildman–Crippen LogP) is 6.48. The van der Waals surface area contributed by atoms with Crippen LogP contribution in [0.15, 0.2) is 97.1 Å². The van der Waals surface area contributed by atoms with E-state index in [-0.39, 0.29) is 5.91 Å². The highest BCUT2D eigenvalue weighted by atomic mass is 16.5. The van der Waals surface area contributed by atoms with Gasteiger partial charge in [-0.3, -0.25) is 4.79 Å². The van der Waals surface area contributed by atoms with Crippen LogP contribution in [-0.4, -0.2) is 31.6 Å². The first-order valence-corrected chi connectivity index (χ1v) is 12.4. The monoisotopic (exact) mass is 495 g/mol. The molecular formula is C32H33NO4. The second-order valence-electron chi connectivity index (χ2n) is 8.90. The van der Waals surface area contributed by atoms with E-state index in [1.54, 1.807) is 14.2 Å². The molecule has 0 aliphatic heterocycles. The quantitative estimate of drug-likeness (QED) is 0.239. The Morgan fingerprint density at radius 3 is 2.22 bits per heavy atom. The summed E-state index contributed by atoms with van der Waals surface area (Å²) in [6.07, 6.45) is 0.683. The maximum atomic E-state index is 13.7. The highest BCUT2D eigenvalue weighted by Crippen LogP contribution is 2.28.